The van der Waals surface area contributed by atoms with Crippen LogP contribution >= 0.6 is 0 Å². The van der Waals surface area contributed by atoms with E-state index in [1.807, 2.05) is 30.3 Å². The number of hydrogen-bond donors (Lipinski definition) is 1. The monoisotopic (exact) mass is 559 g/mol. The van der Waals surface area contributed by atoms with Crippen molar-refractivity contribution in [1.29, 1.82) is 0 Å². The van der Waals surface area contributed by atoms with Gasteiger partial charge in [-0.1, -0.05) is 54.6 Å². The zero-order valence-corrected chi connectivity index (χ0v) is 21.9. The molecule has 3 heterocycles. The molecule has 0 bridgehead atoms. The number of fused-ring (bicyclic) bond motifs is 6. The highest BCUT2D eigenvalue weighted by Crippen LogP contribution is 2.62. The summed E-state index contributed by atoms with van der Waals surface area (Å²) >= 11 is 0. The molecule has 1 saturated heterocycles. The fraction of sp³-hybridized carbons (Fsp3) is 0.121. The predicted molar refractivity (Wildman–Crippen MR) is 152 cm³/mol. The molecule has 1 amide bonds. The predicted octanol–water partition coefficient (Wildman–Crippen LogP) is 5.72. The Morgan fingerprint density at radius 1 is 0.881 bits per heavy atom. The van der Waals surface area contributed by atoms with Crippen LogP contribution in [0.3, 0.4) is 0 Å². The number of non-ortho nitro benzene ring substituents is 1. The average molecular weight is 560 g/mol. The molecule has 9 heteroatoms. The number of nitro groups is 1. The molecule has 0 unspecified atom stereocenters. The van der Waals surface area contributed by atoms with Crippen LogP contribution in [0.2, 0.25) is 0 Å². The Labute approximate surface area is 239 Å². The molecular formula is C33H22FN3O5. The lowest BCUT2D eigenvalue weighted by atomic mass is 9.62. The maximum Gasteiger partial charge on any atom is 0.270 e. The number of Topliss-reactive ketones (excluding diaryl/α,β-unsaturated/α-hetero) is 2. The molecule has 0 aromatic heterocycles. The van der Waals surface area contributed by atoms with E-state index in [4.69, 9.17) is 0 Å². The number of carbonyl (C=O) groups excluding carboxylic acids is 3. The van der Waals surface area contributed by atoms with E-state index in [0.29, 0.717) is 11.3 Å². The maximum atomic E-state index is 14.7. The summed E-state index contributed by atoms with van der Waals surface area (Å²) in [5.41, 5.74) is 1.03. The van der Waals surface area contributed by atoms with Gasteiger partial charge in [-0.15, -0.1) is 0 Å². The second-order valence-corrected chi connectivity index (χ2v) is 10.6. The second-order valence-electron chi connectivity index (χ2n) is 10.6. The van der Waals surface area contributed by atoms with Crippen molar-refractivity contribution in [3.63, 3.8) is 0 Å². The third-order valence-corrected chi connectivity index (χ3v) is 8.59. The van der Waals surface area contributed by atoms with Crippen LogP contribution in [0, 0.1) is 21.8 Å². The Morgan fingerprint density at radius 3 is 2.40 bits per heavy atom. The summed E-state index contributed by atoms with van der Waals surface area (Å²) in [6.45, 7) is 0. The van der Waals surface area contributed by atoms with Crippen molar-refractivity contribution in [3.05, 3.63) is 147 Å². The minimum atomic E-state index is -1.57. The first kappa shape index (κ1) is 25.5. The van der Waals surface area contributed by atoms with Crippen molar-refractivity contribution < 1.29 is 23.7 Å². The van der Waals surface area contributed by atoms with Crippen molar-refractivity contribution in [1.82, 2.24) is 4.90 Å². The van der Waals surface area contributed by atoms with Crippen molar-refractivity contribution >= 4 is 34.9 Å². The van der Waals surface area contributed by atoms with Gasteiger partial charge in [-0.05, 0) is 53.1 Å². The lowest BCUT2D eigenvalue weighted by molar-refractivity contribution is -0.384. The molecule has 8 nitrogen and oxygen atoms in total. The largest absolute Gasteiger partial charge is 0.358 e. The smallest absolute Gasteiger partial charge is 0.270 e. The summed E-state index contributed by atoms with van der Waals surface area (Å²) in [5.74, 6) is -3.30. The zero-order valence-electron chi connectivity index (χ0n) is 21.9. The number of nitrogens with one attached hydrogen (secondary N) is 1. The van der Waals surface area contributed by atoms with Gasteiger partial charge < -0.3 is 10.2 Å². The molecule has 4 aromatic rings. The van der Waals surface area contributed by atoms with E-state index in [0.717, 1.165) is 11.1 Å². The number of nitrogens with zero attached hydrogens (tertiary/aromatic N) is 2. The number of halogens is 1. The Morgan fingerprint density at radius 2 is 1.62 bits per heavy atom. The van der Waals surface area contributed by atoms with E-state index >= 15 is 0 Å². The van der Waals surface area contributed by atoms with Crippen LogP contribution in [-0.2, 0) is 10.2 Å². The third kappa shape index (κ3) is 3.49. The van der Waals surface area contributed by atoms with E-state index in [1.54, 1.807) is 35.4 Å². The average Bonchev–Trinajstić information content (AvgIpc) is 3.49. The molecule has 206 valence electrons. The molecule has 0 radical (unpaired) electrons. The quantitative estimate of drug-likeness (QED) is 0.190. The standard InChI is InChI=1S/C33H22FN3O5/c34-22-14-12-20(13-15-22)30(39)28-27(29(38)21-7-5-8-23(18-21)37(41)42)33(25-10-3-4-11-26(25)35-32(33)40)31-24-9-2-1-6-19(24)16-17-36(28)31/h1-18,27-28,31H,(H,35,40)/t27-,28+,31+,33+/m0/s1. The van der Waals surface area contributed by atoms with Crippen molar-refractivity contribution in [2.45, 2.75) is 17.5 Å². The molecular weight excluding hydrogens is 537 g/mol. The molecule has 4 atom stereocenters. The van der Waals surface area contributed by atoms with Gasteiger partial charge >= 0.3 is 0 Å². The highest BCUT2D eigenvalue weighted by molar-refractivity contribution is 6.16. The highest BCUT2D eigenvalue weighted by Gasteiger charge is 2.70. The number of para-hydroxylation sites is 1. The molecule has 0 saturated carbocycles. The molecule has 0 aliphatic carbocycles. The normalized spacial score (nSPS) is 23.2. The summed E-state index contributed by atoms with van der Waals surface area (Å²) in [5, 5.41) is 14.6. The number of carbonyl (C=O) groups is 3. The van der Waals surface area contributed by atoms with Crippen LogP contribution in [0.4, 0.5) is 15.8 Å². The van der Waals surface area contributed by atoms with Crippen LogP contribution in [0.5, 0.6) is 0 Å². The maximum absolute atomic E-state index is 14.7. The van der Waals surface area contributed by atoms with Crippen LogP contribution in [0.15, 0.2) is 103 Å². The van der Waals surface area contributed by atoms with E-state index in [1.165, 1.54) is 48.5 Å². The lowest BCUT2D eigenvalue weighted by Gasteiger charge is -2.38. The number of hydrogen-bond acceptors (Lipinski definition) is 6. The van der Waals surface area contributed by atoms with Crippen molar-refractivity contribution in [3.8, 4) is 0 Å². The van der Waals surface area contributed by atoms with Gasteiger partial charge in [0, 0.05) is 35.1 Å². The van der Waals surface area contributed by atoms with E-state index in [9.17, 15) is 28.9 Å². The molecule has 1 fully saturated rings. The fourth-order valence-electron chi connectivity index (χ4n) is 6.90. The summed E-state index contributed by atoms with van der Waals surface area (Å²) in [6, 6.07) is 23.0. The minimum Gasteiger partial charge on any atom is -0.358 e. The highest BCUT2D eigenvalue weighted by atomic mass is 19.1. The Bertz CT molecular complexity index is 1850. The molecule has 7 rings (SSSR count). The van der Waals surface area contributed by atoms with Gasteiger partial charge in [0.15, 0.2) is 11.6 Å². The Balaban J connectivity index is 1.53. The first-order chi connectivity index (χ1) is 20.3. The Kier molecular flexibility index (Phi) is 5.65. The molecule has 1 N–H and O–H groups in total. The number of rotatable bonds is 5. The van der Waals surface area contributed by atoms with Crippen LogP contribution in [0.1, 0.15) is 43.4 Å². The summed E-state index contributed by atoms with van der Waals surface area (Å²) < 4.78 is 13.9. The minimum absolute atomic E-state index is 0.0137. The van der Waals surface area contributed by atoms with Gasteiger partial charge in [0.25, 0.3) is 5.69 Å². The lowest BCUT2D eigenvalue weighted by Crippen LogP contribution is -2.49. The molecule has 3 aliphatic heterocycles. The van der Waals surface area contributed by atoms with Gasteiger partial charge in [0.05, 0.1) is 16.9 Å². The fourth-order valence-corrected chi connectivity index (χ4v) is 6.90. The zero-order chi connectivity index (χ0) is 29.2. The number of amides is 1. The molecule has 42 heavy (non-hydrogen) atoms. The number of nitro benzene ring substituents is 1. The van der Waals surface area contributed by atoms with Crippen LogP contribution < -0.4 is 5.32 Å². The Hall–Kier alpha value is -5.44. The SMILES string of the molecule is O=C(c1cccc([N+](=O)[O-])c1)[C@@H]1[C@H](C(=O)c2ccc(F)cc2)N2C=Cc3ccccc3[C@@H]2[C@]12C(=O)Nc1ccccc12. The second kappa shape index (κ2) is 9.31. The third-order valence-electron chi connectivity index (χ3n) is 8.59. The first-order valence-corrected chi connectivity index (χ1v) is 13.4. The van der Waals surface area contributed by atoms with Crippen LogP contribution in [0.25, 0.3) is 6.08 Å². The number of ketones is 2. The topological polar surface area (TPSA) is 110 Å². The number of benzene rings is 4. The van der Waals surface area contributed by atoms with Gasteiger partial charge in [0.1, 0.15) is 17.3 Å². The van der Waals surface area contributed by atoms with Crippen molar-refractivity contribution in [2.24, 2.45) is 5.92 Å². The summed E-state index contributed by atoms with van der Waals surface area (Å²) in [7, 11) is 0. The summed E-state index contributed by atoms with van der Waals surface area (Å²) in [4.78, 5) is 56.3. The summed E-state index contributed by atoms with van der Waals surface area (Å²) in [6.07, 6.45) is 3.57. The molecule has 1 spiro atoms. The van der Waals surface area contributed by atoms with Gasteiger partial charge in [0.2, 0.25) is 5.91 Å². The van der Waals surface area contributed by atoms with E-state index in [-0.39, 0.29) is 16.8 Å². The van der Waals surface area contributed by atoms with Gasteiger partial charge in [-0.3, -0.25) is 24.5 Å². The number of anilines is 1. The molecule has 4 aromatic carbocycles. The van der Waals surface area contributed by atoms with Gasteiger partial charge in [-0.25, -0.2) is 4.39 Å². The molecule has 3 aliphatic rings. The van der Waals surface area contributed by atoms with Crippen LogP contribution in [-0.4, -0.2) is 33.3 Å². The van der Waals surface area contributed by atoms with E-state index in [2.05, 4.69) is 5.32 Å². The van der Waals surface area contributed by atoms with E-state index < -0.39 is 51.6 Å². The first-order valence-electron chi connectivity index (χ1n) is 13.4. The van der Waals surface area contributed by atoms with Crippen molar-refractivity contribution in [2.75, 3.05) is 5.32 Å². The van der Waals surface area contributed by atoms with Gasteiger partial charge in [-0.2, -0.15) is 0 Å².